The lowest BCUT2D eigenvalue weighted by Crippen LogP contribution is -2.27. The summed E-state index contributed by atoms with van der Waals surface area (Å²) in [4.78, 5) is 19.3. The maximum absolute atomic E-state index is 10.5. The molecule has 2 aliphatic rings. The molecule has 3 heterocycles. The van der Waals surface area contributed by atoms with Crippen molar-refractivity contribution in [3.05, 3.63) is 22.5 Å². The Morgan fingerprint density at radius 1 is 1.26 bits per heavy atom. The first-order valence-electron chi connectivity index (χ1n) is 7.09. The highest BCUT2D eigenvalue weighted by Crippen LogP contribution is 2.36. The van der Waals surface area contributed by atoms with Crippen molar-refractivity contribution in [1.29, 1.82) is 0 Å². The molecule has 1 aromatic rings. The molecule has 102 valence electrons. The summed E-state index contributed by atoms with van der Waals surface area (Å²) in [6.45, 7) is 5.26. The maximum Gasteiger partial charge on any atom is 0.121 e. The van der Waals surface area contributed by atoms with Crippen molar-refractivity contribution in [2.24, 2.45) is 0 Å². The van der Waals surface area contributed by atoms with Crippen LogP contribution in [0, 0.1) is 6.92 Å². The third-order valence-electron chi connectivity index (χ3n) is 4.16. The predicted molar refractivity (Wildman–Crippen MR) is 77.9 cm³/mol. The molecule has 4 heteroatoms. The first-order chi connectivity index (χ1) is 9.29. The van der Waals surface area contributed by atoms with Crippen LogP contribution in [0.3, 0.4) is 0 Å². The second kappa shape index (κ2) is 5.63. The van der Waals surface area contributed by atoms with Gasteiger partial charge in [0.15, 0.2) is 0 Å². The van der Waals surface area contributed by atoms with Crippen LogP contribution in [0.5, 0.6) is 0 Å². The summed E-state index contributed by atoms with van der Waals surface area (Å²) in [5.74, 6) is 1.19. The van der Waals surface area contributed by atoms with Gasteiger partial charge in [0.25, 0.3) is 0 Å². The minimum atomic E-state index is 0.648. The Labute approximate surface area is 118 Å². The Morgan fingerprint density at radius 2 is 2.11 bits per heavy atom. The number of hydrogen-bond acceptors (Lipinski definition) is 4. The van der Waals surface area contributed by atoms with Crippen LogP contribution >= 0.6 is 11.8 Å². The van der Waals surface area contributed by atoms with E-state index in [2.05, 4.69) is 11.8 Å². The number of hydrogen-bond donors (Lipinski definition) is 0. The average Bonchev–Trinajstić information content (AvgIpc) is 2.78. The van der Waals surface area contributed by atoms with Crippen LogP contribution in [0.25, 0.3) is 0 Å². The average molecular weight is 276 g/mol. The van der Waals surface area contributed by atoms with E-state index < -0.39 is 0 Å². The van der Waals surface area contributed by atoms with E-state index in [-0.39, 0.29) is 0 Å². The van der Waals surface area contributed by atoms with Gasteiger partial charge in [-0.05, 0) is 24.5 Å². The summed E-state index contributed by atoms with van der Waals surface area (Å²) in [5, 5.41) is 0. The number of thioether (sulfide) groups is 1. The van der Waals surface area contributed by atoms with Gasteiger partial charge in [-0.15, -0.1) is 11.8 Å². The van der Waals surface area contributed by atoms with Crippen molar-refractivity contribution in [3.8, 4) is 0 Å². The molecule has 0 saturated carbocycles. The first kappa shape index (κ1) is 13.1. The minimum Gasteiger partial charge on any atom is -0.303 e. The Balaban J connectivity index is 1.83. The van der Waals surface area contributed by atoms with E-state index in [0.29, 0.717) is 6.42 Å². The zero-order valence-corrected chi connectivity index (χ0v) is 12.3. The molecule has 0 fully saturated rings. The van der Waals surface area contributed by atoms with Crippen LogP contribution in [0.15, 0.2) is 4.90 Å². The summed E-state index contributed by atoms with van der Waals surface area (Å²) in [5.41, 5.74) is 5.58. The lowest BCUT2D eigenvalue weighted by Gasteiger charge is -2.17. The first-order valence-corrected chi connectivity index (χ1v) is 8.08. The number of nitrogens with zero attached hydrogens (tertiary/aromatic N) is 2. The molecule has 1 aromatic heterocycles. The molecule has 0 saturated heterocycles. The number of carbonyl (C=O) groups excluding carboxylic acids is 1. The third kappa shape index (κ3) is 2.56. The molecule has 0 N–H and O–H groups in total. The summed E-state index contributed by atoms with van der Waals surface area (Å²) in [6, 6.07) is 0. The molecule has 0 unspecified atom stereocenters. The summed E-state index contributed by atoms with van der Waals surface area (Å²) in [6.07, 6.45) is 4.92. The molecule has 0 bridgehead atoms. The summed E-state index contributed by atoms with van der Waals surface area (Å²) >= 11 is 1.97. The van der Waals surface area contributed by atoms with Gasteiger partial charge in [-0.25, -0.2) is 0 Å². The lowest BCUT2D eigenvalue weighted by molar-refractivity contribution is -0.108. The van der Waals surface area contributed by atoms with E-state index >= 15 is 0 Å². The second-order valence-corrected chi connectivity index (χ2v) is 6.44. The van der Waals surface area contributed by atoms with Gasteiger partial charge in [0.1, 0.15) is 6.29 Å². The highest BCUT2D eigenvalue weighted by atomic mass is 32.2. The largest absolute Gasteiger partial charge is 0.303 e. The summed E-state index contributed by atoms with van der Waals surface area (Å²) in [7, 11) is 0. The molecular formula is C15H20N2OS. The maximum atomic E-state index is 10.5. The Bertz CT molecular complexity index is 501. The van der Waals surface area contributed by atoms with Gasteiger partial charge >= 0.3 is 0 Å². The van der Waals surface area contributed by atoms with Crippen LogP contribution in [0.1, 0.15) is 28.9 Å². The number of carbonyl (C=O) groups is 1. The number of pyridine rings is 1. The number of aryl methyl sites for hydroxylation is 1. The van der Waals surface area contributed by atoms with Gasteiger partial charge in [-0.3, -0.25) is 4.98 Å². The molecule has 0 radical (unpaired) electrons. The quantitative estimate of drug-likeness (QED) is 0.791. The van der Waals surface area contributed by atoms with Gasteiger partial charge in [-0.1, -0.05) is 0 Å². The van der Waals surface area contributed by atoms with Gasteiger partial charge in [-0.2, -0.15) is 0 Å². The molecule has 3 rings (SSSR count). The van der Waals surface area contributed by atoms with Gasteiger partial charge in [0.05, 0.1) is 5.69 Å². The highest BCUT2D eigenvalue weighted by molar-refractivity contribution is 7.99. The standard InChI is InChI=1S/C15H20N2OS/c1-11-12-3-7-17(6-2-9-18)8-4-13(12)16-14-5-10-19-15(11)14/h9H,2-8,10H2,1H3. The fraction of sp³-hybridized carbons (Fsp3) is 0.600. The Kier molecular flexibility index (Phi) is 3.89. The topological polar surface area (TPSA) is 33.2 Å². The van der Waals surface area contributed by atoms with E-state index in [1.54, 1.807) is 0 Å². The van der Waals surface area contributed by atoms with Crippen LogP contribution in [0.4, 0.5) is 0 Å². The molecular weight excluding hydrogens is 256 g/mol. The lowest BCUT2D eigenvalue weighted by atomic mass is 10.0. The van der Waals surface area contributed by atoms with Crippen molar-refractivity contribution >= 4 is 18.0 Å². The second-order valence-electron chi connectivity index (χ2n) is 5.33. The molecule has 0 amide bonds. The van der Waals surface area contributed by atoms with Crippen LogP contribution in [0.2, 0.25) is 0 Å². The molecule has 3 nitrogen and oxygen atoms in total. The van der Waals surface area contributed by atoms with Crippen LogP contribution in [-0.4, -0.2) is 41.6 Å². The van der Waals surface area contributed by atoms with E-state index in [1.165, 1.54) is 33.2 Å². The number of aromatic nitrogens is 1. The highest BCUT2D eigenvalue weighted by Gasteiger charge is 2.23. The Hall–Kier alpha value is -0.870. The molecule has 0 spiro atoms. The fourth-order valence-electron chi connectivity index (χ4n) is 3.11. The van der Waals surface area contributed by atoms with Crippen LogP contribution in [-0.2, 0) is 24.1 Å². The van der Waals surface area contributed by atoms with E-state index in [4.69, 9.17) is 4.98 Å². The van der Waals surface area contributed by atoms with Crippen molar-refractivity contribution in [2.75, 3.05) is 25.4 Å². The van der Waals surface area contributed by atoms with Crippen molar-refractivity contribution in [3.63, 3.8) is 0 Å². The number of rotatable bonds is 3. The van der Waals surface area contributed by atoms with E-state index in [1.807, 2.05) is 11.8 Å². The molecule has 0 atom stereocenters. The van der Waals surface area contributed by atoms with Gasteiger partial charge in [0.2, 0.25) is 0 Å². The van der Waals surface area contributed by atoms with E-state index in [0.717, 1.165) is 45.2 Å². The minimum absolute atomic E-state index is 0.648. The van der Waals surface area contributed by atoms with Gasteiger partial charge < -0.3 is 9.69 Å². The van der Waals surface area contributed by atoms with Crippen molar-refractivity contribution < 1.29 is 4.79 Å². The molecule has 2 aliphatic heterocycles. The SMILES string of the molecule is Cc1c2c(nc3c1SCC3)CCN(CCC=O)CC2. The number of aldehydes is 1. The van der Waals surface area contributed by atoms with Crippen molar-refractivity contribution in [1.82, 2.24) is 9.88 Å². The van der Waals surface area contributed by atoms with Gasteiger partial charge in [0, 0.05) is 55.2 Å². The monoisotopic (exact) mass is 276 g/mol. The fourth-order valence-corrected chi connectivity index (χ4v) is 4.26. The number of fused-ring (bicyclic) bond motifs is 2. The third-order valence-corrected chi connectivity index (χ3v) is 5.40. The van der Waals surface area contributed by atoms with Crippen LogP contribution < -0.4 is 0 Å². The molecule has 0 aromatic carbocycles. The zero-order chi connectivity index (χ0) is 13.2. The zero-order valence-electron chi connectivity index (χ0n) is 11.4. The smallest absolute Gasteiger partial charge is 0.121 e. The molecule has 0 aliphatic carbocycles. The summed E-state index contributed by atoms with van der Waals surface area (Å²) < 4.78 is 0. The molecule has 19 heavy (non-hydrogen) atoms. The Morgan fingerprint density at radius 3 is 2.95 bits per heavy atom. The van der Waals surface area contributed by atoms with E-state index in [9.17, 15) is 4.79 Å². The predicted octanol–water partition coefficient (Wildman–Crippen LogP) is 2.03. The normalized spacial score (nSPS) is 18.8. The van der Waals surface area contributed by atoms with Crippen molar-refractivity contribution in [2.45, 2.75) is 37.5 Å².